The average molecular weight is 1160 g/mol. The van der Waals surface area contributed by atoms with Crippen molar-refractivity contribution in [3.05, 3.63) is 34.6 Å². The molecule has 34 nitrogen and oxygen atoms in total. The fourth-order valence-electron chi connectivity index (χ4n) is 9.15. The first-order valence-corrected chi connectivity index (χ1v) is 25.0. The highest BCUT2D eigenvalue weighted by Crippen LogP contribution is 2.36. The summed E-state index contributed by atoms with van der Waals surface area (Å²) in [5, 5.41) is 249. The molecule has 10 aliphatic heterocycles. The molecule has 0 spiro atoms. The van der Waals surface area contributed by atoms with Crippen LogP contribution in [-0.4, -0.2) is 317 Å². The first-order valence-electron chi connectivity index (χ1n) is 25.0. The minimum Gasteiger partial charge on any atom is -0.506 e. The molecule has 10 aliphatic rings. The van der Waals surface area contributed by atoms with Gasteiger partial charge in [0.15, 0.2) is 59.7 Å². The molecule has 34 heteroatoms. The normalized spacial score (nSPS) is 47.1. The van der Waals surface area contributed by atoms with Crippen molar-refractivity contribution in [1.82, 2.24) is 0 Å². The Hall–Kier alpha value is -3.10. The van der Waals surface area contributed by atoms with Crippen LogP contribution in [0.1, 0.15) is 39.5 Å². The quantitative estimate of drug-likeness (QED) is 0.0913. The molecular weight excluding hydrogens is 1080 g/mol. The van der Waals surface area contributed by atoms with Gasteiger partial charge in [-0.1, -0.05) is 13.8 Å². The maximum atomic E-state index is 11.4. The SMILES string of the molecule is CC(C)CC1OC2OC(CCO)/C(O)=C(/O)C(O)OC3C(CO)OC(OC4C(CO)OC(OC(CCO)/C(O)=C(/O)C(O)OC5C(CO)OC(OC(CCO)/C(O)=C(/O)C(O)OC1C(O)C2O)C(O)C5O)C(O)C4O)C(O)C3O. The second kappa shape index (κ2) is 29.9. The molecule has 0 radical (unpaired) electrons. The lowest BCUT2D eigenvalue weighted by atomic mass is 9.92. The van der Waals surface area contributed by atoms with Crippen LogP contribution >= 0.6 is 0 Å². The van der Waals surface area contributed by atoms with Crippen molar-refractivity contribution in [2.24, 2.45) is 5.92 Å². The van der Waals surface area contributed by atoms with E-state index >= 15 is 0 Å². The summed E-state index contributed by atoms with van der Waals surface area (Å²) in [6.07, 6.45) is -57.3. The van der Waals surface area contributed by atoms with Crippen molar-refractivity contribution in [3.8, 4) is 0 Å². The Morgan fingerprint density at radius 1 is 0.304 bits per heavy atom. The molecule has 0 aromatic heterocycles. The van der Waals surface area contributed by atoms with Crippen molar-refractivity contribution in [2.45, 2.75) is 200 Å². The fourth-order valence-corrected chi connectivity index (χ4v) is 9.15. The Bertz CT molecular complexity index is 1960. The summed E-state index contributed by atoms with van der Waals surface area (Å²) in [4.78, 5) is 0. The predicted molar refractivity (Wildman–Crippen MR) is 248 cm³/mol. The zero-order valence-corrected chi connectivity index (χ0v) is 42.4. The number of ether oxygens (including phenoxy) is 11. The van der Waals surface area contributed by atoms with Crippen LogP contribution in [0, 0.1) is 5.92 Å². The van der Waals surface area contributed by atoms with Gasteiger partial charge < -0.3 is 170 Å². The summed E-state index contributed by atoms with van der Waals surface area (Å²) >= 11 is 0. The lowest BCUT2D eigenvalue weighted by Crippen LogP contribution is -2.65. The van der Waals surface area contributed by atoms with Gasteiger partial charge in [-0.15, -0.1) is 0 Å². The predicted octanol–water partition coefficient (Wildman–Crippen LogP) is -8.41. The van der Waals surface area contributed by atoms with E-state index in [0.717, 1.165) is 0 Å². The number of rotatable bonds is 11. The zero-order valence-electron chi connectivity index (χ0n) is 42.4. The Morgan fingerprint density at radius 3 is 0.797 bits per heavy atom. The number of aliphatic hydroxyl groups is 23. The molecule has 0 aliphatic carbocycles. The van der Waals surface area contributed by atoms with E-state index < -0.39 is 253 Å². The maximum Gasteiger partial charge on any atom is 0.218 e. The number of aliphatic hydroxyl groups excluding tert-OH is 23. The summed E-state index contributed by atoms with van der Waals surface area (Å²) in [7, 11) is 0. The Labute approximate surface area is 448 Å². The molecule has 8 bridgehead atoms. The second-order valence-corrected chi connectivity index (χ2v) is 19.5. The van der Waals surface area contributed by atoms with Crippen LogP contribution in [-0.2, 0) is 52.1 Å². The summed E-state index contributed by atoms with van der Waals surface area (Å²) < 4.78 is 60.9. The van der Waals surface area contributed by atoms with Gasteiger partial charge in [0, 0.05) is 39.1 Å². The third-order valence-corrected chi connectivity index (χ3v) is 13.4. The van der Waals surface area contributed by atoms with Gasteiger partial charge in [0.25, 0.3) is 0 Å². The molecule has 10 heterocycles. The van der Waals surface area contributed by atoms with E-state index in [1.54, 1.807) is 13.8 Å². The largest absolute Gasteiger partial charge is 0.506 e. The van der Waals surface area contributed by atoms with E-state index in [-0.39, 0.29) is 12.3 Å². The van der Waals surface area contributed by atoms with Crippen molar-refractivity contribution in [3.63, 3.8) is 0 Å². The number of hydrogen-bond donors (Lipinski definition) is 23. The molecule has 460 valence electrons. The molecule has 0 saturated carbocycles. The van der Waals surface area contributed by atoms with Crippen molar-refractivity contribution >= 4 is 0 Å². The summed E-state index contributed by atoms with van der Waals surface area (Å²) in [5.41, 5.74) is 0. The molecule has 26 atom stereocenters. The van der Waals surface area contributed by atoms with Crippen LogP contribution in [0.15, 0.2) is 34.6 Å². The van der Waals surface area contributed by atoms with Gasteiger partial charge in [0.2, 0.25) is 18.9 Å². The smallest absolute Gasteiger partial charge is 0.218 e. The van der Waals surface area contributed by atoms with Crippen molar-refractivity contribution in [2.75, 3.05) is 39.6 Å². The third-order valence-electron chi connectivity index (χ3n) is 13.4. The van der Waals surface area contributed by atoms with Gasteiger partial charge in [-0.2, -0.15) is 0 Å². The number of hydrogen-bond acceptors (Lipinski definition) is 34. The van der Waals surface area contributed by atoms with Gasteiger partial charge in [0.1, 0.15) is 110 Å². The molecule has 0 aromatic rings. The first-order chi connectivity index (χ1) is 37.3. The average Bonchev–Trinajstić information content (AvgIpc) is 3.42. The lowest BCUT2D eigenvalue weighted by Gasteiger charge is -2.47. The van der Waals surface area contributed by atoms with E-state index in [0.29, 0.717) is 0 Å². The van der Waals surface area contributed by atoms with Gasteiger partial charge in [-0.3, -0.25) is 0 Å². The van der Waals surface area contributed by atoms with Crippen LogP contribution in [0.3, 0.4) is 0 Å². The van der Waals surface area contributed by atoms with Crippen LogP contribution in [0.5, 0.6) is 0 Å². The monoisotopic (exact) mass is 1160 g/mol. The summed E-state index contributed by atoms with van der Waals surface area (Å²) in [5.74, 6) is -8.86. The molecular formula is C45H76O34. The molecule has 26 unspecified atom stereocenters. The number of fused-ring (bicyclic) bond motifs is 2. The van der Waals surface area contributed by atoms with Crippen LogP contribution < -0.4 is 0 Å². The van der Waals surface area contributed by atoms with Crippen LogP contribution in [0.4, 0.5) is 0 Å². The third kappa shape index (κ3) is 15.6. The molecule has 79 heavy (non-hydrogen) atoms. The summed E-state index contributed by atoms with van der Waals surface area (Å²) in [6, 6.07) is 0. The van der Waals surface area contributed by atoms with Crippen LogP contribution in [0.2, 0.25) is 0 Å². The van der Waals surface area contributed by atoms with E-state index in [4.69, 9.17) is 52.1 Å². The molecule has 10 rings (SSSR count). The van der Waals surface area contributed by atoms with Crippen LogP contribution in [0.25, 0.3) is 0 Å². The molecule has 0 aromatic carbocycles. The highest BCUT2D eigenvalue weighted by atomic mass is 16.8. The Morgan fingerprint density at radius 2 is 0.544 bits per heavy atom. The molecule has 4 fully saturated rings. The molecule has 4 saturated heterocycles. The lowest BCUT2D eigenvalue weighted by molar-refractivity contribution is -0.368. The van der Waals surface area contributed by atoms with E-state index in [1.165, 1.54) is 0 Å². The Balaban J connectivity index is 1.54. The highest BCUT2D eigenvalue weighted by Gasteiger charge is 2.54. The molecule has 0 amide bonds. The standard InChI is InChI=1S/C45H76O34/c1-13(2)9-17-35-24(55)31(62)42(72-17)69-14(3-6-46)21(52)29(60)41(68)78-37-19(11-50)75-45(34(65)26(37)57)79-38-20(12-51)74-44(33(64)27(38)58)71-16(5-8-48)23(54)30(61)40(67)77-36-18(10-49)73-43(32(63)25(36)56)70-15(4-7-47)22(53)28(59)39(66)76-35/h13-20,24-27,31-68H,3-12H2,1-2H3/b28-22-,29-21-,30-23-. The van der Waals surface area contributed by atoms with Gasteiger partial charge >= 0.3 is 0 Å². The minimum absolute atomic E-state index is 0.101. The van der Waals surface area contributed by atoms with E-state index in [9.17, 15) is 117 Å². The van der Waals surface area contributed by atoms with E-state index in [1.807, 2.05) is 0 Å². The fraction of sp³-hybridized carbons (Fsp3) is 0.867. The summed E-state index contributed by atoms with van der Waals surface area (Å²) in [6.45, 7) is -2.61. The van der Waals surface area contributed by atoms with Crippen molar-refractivity contribution in [1.29, 1.82) is 0 Å². The molecule has 23 N–H and O–H groups in total. The van der Waals surface area contributed by atoms with Gasteiger partial charge in [0.05, 0.1) is 25.9 Å². The topological polar surface area (TPSA) is 567 Å². The maximum absolute atomic E-state index is 11.4. The van der Waals surface area contributed by atoms with Gasteiger partial charge in [-0.25, -0.2) is 0 Å². The minimum atomic E-state index is -2.73. The van der Waals surface area contributed by atoms with E-state index in [2.05, 4.69) is 0 Å². The highest BCUT2D eigenvalue weighted by molar-refractivity contribution is 5.11. The van der Waals surface area contributed by atoms with Gasteiger partial charge in [-0.05, 0) is 12.3 Å². The first kappa shape index (κ1) is 66.7. The zero-order chi connectivity index (χ0) is 58.9. The Kier molecular flexibility index (Phi) is 25.3. The second-order valence-electron chi connectivity index (χ2n) is 19.5. The van der Waals surface area contributed by atoms with Crippen molar-refractivity contribution < 1.29 is 170 Å².